The Bertz CT molecular complexity index is 611. The minimum atomic E-state index is -0.401. The topological polar surface area (TPSA) is 94.1 Å². The zero-order valence-corrected chi connectivity index (χ0v) is 11.2. The van der Waals surface area contributed by atoms with Crippen molar-refractivity contribution in [3.63, 3.8) is 0 Å². The number of nitrogens with two attached hydrogens (primary N) is 1. The molecule has 0 radical (unpaired) electrons. The van der Waals surface area contributed by atoms with Gasteiger partial charge in [-0.3, -0.25) is 10.1 Å². The highest BCUT2D eigenvalue weighted by Crippen LogP contribution is 2.19. The lowest BCUT2D eigenvalue weighted by atomic mass is 10.1. The van der Waals surface area contributed by atoms with Crippen molar-refractivity contribution in [3.05, 3.63) is 57.8 Å². The molecule has 0 atom stereocenters. The molecule has 1 heterocycles. The first-order chi connectivity index (χ1) is 9.56. The predicted molar refractivity (Wildman–Crippen MR) is 78.7 cm³/mol. The summed E-state index contributed by atoms with van der Waals surface area (Å²) in [5.41, 5.74) is 8.13. The molecular formula is C14H16N4O2. The third-order valence-corrected chi connectivity index (χ3v) is 2.97. The summed E-state index contributed by atoms with van der Waals surface area (Å²) >= 11 is 0. The van der Waals surface area contributed by atoms with Crippen LogP contribution in [0.15, 0.2) is 36.5 Å². The lowest BCUT2D eigenvalue weighted by Crippen LogP contribution is -2.07. The van der Waals surface area contributed by atoms with Crippen molar-refractivity contribution in [3.8, 4) is 0 Å². The SMILES string of the molecule is Cc1cnc(NCCc2ccc(N)cc2)cc1[N+](=O)[O-]. The highest BCUT2D eigenvalue weighted by atomic mass is 16.6. The summed E-state index contributed by atoms with van der Waals surface area (Å²) in [4.78, 5) is 14.6. The zero-order valence-electron chi connectivity index (χ0n) is 11.2. The monoisotopic (exact) mass is 272 g/mol. The largest absolute Gasteiger partial charge is 0.399 e. The molecule has 0 saturated carbocycles. The van der Waals surface area contributed by atoms with Crippen LogP contribution in [0.1, 0.15) is 11.1 Å². The Morgan fingerprint density at radius 3 is 2.70 bits per heavy atom. The normalized spacial score (nSPS) is 10.2. The first-order valence-electron chi connectivity index (χ1n) is 6.25. The Morgan fingerprint density at radius 1 is 1.35 bits per heavy atom. The van der Waals surface area contributed by atoms with Gasteiger partial charge in [-0.2, -0.15) is 0 Å². The molecule has 104 valence electrons. The van der Waals surface area contributed by atoms with Crippen LogP contribution in [0.2, 0.25) is 0 Å². The summed E-state index contributed by atoms with van der Waals surface area (Å²) in [6.07, 6.45) is 2.30. The Kier molecular flexibility index (Phi) is 4.14. The van der Waals surface area contributed by atoms with Gasteiger partial charge in [0.1, 0.15) is 5.82 Å². The molecule has 2 rings (SSSR count). The summed E-state index contributed by atoms with van der Waals surface area (Å²) in [6.45, 7) is 2.32. The van der Waals surface area contributed by atoms with Gasteiger partial charge < -0.3 is 11.1 Å². The van der Waals surface area contributed by atoms with Crippen LogP contribution in [-0.4, -0.2) is 16.5 Å². The number of anilines is 2. The summed E-state index contributed by atoms with van der Waals surface area (Å²) < 4.78 is 0. The van der Waals surface area contributed by atoms with Crippen LogP contribution in [0.25, 0.3) is 0 Å². The summed E-state index contributed by atoms with van der Waals surface area (Å²) in [7, 11) is 0. The third kappa shape index (κ3) is 3.44. The van der Waals surface area contributed by atoms with Crippen molar-refractivity contribution in [1.82, 2.24) is 4.98 Å². The number of aryl methyl sites for hydroxylation is 1. The molecule has 6 heteroatoms. The Morgan fingerprint density at radius 2 is 2.05 bits per heavy atom. The van der Waals surface area contributed by atoms with Crippen molar-refractivity contribution in [2.24, 2.45) is 0 Å². The van der Waals surface area contributed by atoms with Crippen molar-refractivity contribution in [2.45, 2.75) is 13.3 Å². The standard InChI is InChI=1S/C14H16N4O2/c1-10-9-17-14(8-13(10)18(19)20)16-7-6-11-2-4-12(15)5-3-11/h2-5,8-9H,6-7,15H2,1H3,(H,16,17). The van der Waals surface area contributed by atoms with Gasteiger partial charge in [-0.25, -0.2) is 4.98 Å². The van der Waals surface area contributed by atoms with Crippen molar-refractivity contribution < 1.29 is 4.92 Å². The minimum Gasteiger partial charge on any atom is -0.399 e. The zero-order chi connectivity index (χ0) is 14.5. The summed E-state index contributed by atoms with van der Waals surface area (Å²) in [5, 5.41) is 13.9. The minimum absolute atomic E-state index is 0.0787. The molecule has 0 aliphatic rings. The van der Waals surface area contributed by atoms with Gasteiger partial charge in [-0.05, 0) is 31.0 Å². The first kappa shape index (κ1) is 13.8. The van der Waals surface area contributed by atoms with Crippen LogP contribution in [0.3, 0.4) is 0 Å². The first-order valence-corrected chi connectivity index (χ1v) is 6.25. The van der Waals surface area contributed by atoms with E-state index in [4.69, 9.17) is 5.73 Å². The van der Waals surface area contributed by atoms with E-state index in [-0.39, 0.29) is 5.69 Å². The average Bonchev–Trinajstić information content (AvgIpc) is 2.42. The highest BCUT2D eigenvalue weighted by Gasteiger charge is 2.11. The van der Waals surface area contributed by atoms with Crippen molar-refractivity contribution in [2.75, 3.05) is 17.6 Å². The summed E-state index contributed by atoms with van der Waals surface area (Å²) in [5.74, 6) is 0.512. The molecule has 0 aliphatic carbocycles. The number of benzene rings is 1. The molecule has 1 aromatic carbocycles. The van der Waals surface area contributed by atoms with E-state index in [2.05, 4.69) is 10.3 Å². The lowest BCUT2D eigenvalue weighted by Gasteiger charge is -2.06. The van der Waals surface area contributed by atoms with Gasteiger partial charge in [0, 0.05) is 24.0 Å². The van der Waals surface area contributed by atoms with E-state index in [9.17, 15) is 10.1 Å². The number of nitrogens with one attached hydrogen (secondary N) is 1. The molecule has 3 N–H and O–H groups in total. The molecule has 0 saturated heterocycles. The van der Waals surface area contributed by atoms with Gasteiger partial charge in [0.25, 0.3) is 5.69 Å². The van der Waals surface area contributed by atoms with Gasteiger partial charge in [0.05, 0.1) is 11.0 Å². The molecule has 0 fully saturated rings. The maximum Gasteiger partial charge on any atom is 0.277 e. The second kappa shape index (κ2) is 6.01. The van der Waals surface area contributed by atoms with Crippen LogP contribution in [0.4, 0.5) is 17.2 Å². The quantitative estimate of drug-likeness (QED) is 0.495. The van der Waals surface area contributed by atoms with Crippen LogP contribution in [0.5, 0.6) is 0 Å². The fraction of sp³-hybridized carbons (Fsp3) is 0.214. The third-order valence-electron chi connectivity index (χ3n) is 2.97. The molecular weight excluding hydrogens is 256 g/mol. The van der Waals surface area contributed by atoms with Crippen LogP contribution < -0.4 is 11.1 Å². The number of pyridine rings is 1. The van der Waals surface area contributed by atoms with Gasteiger partial charge in [0.2, 0.25) is 0 Å². The molecule has 20 heavy (non-hydrogen) atoms. The second-order valence-electron chi connectivity index (χ2n) is 4.53. The smallest absolute Gasteiger partial charge is 0.277 e. The number of aromatic nitrogens is 1. The number of nitro groups is 1. The molecule has 0 unspecified atom stereocenters. The Labute approximate surface area is 116 Å². The van der Waals surface area contributed by atoms with Crippen LogP contribution in [-0.2, 0) is 6.42 Å². The number of hydrogen-bond acceptors (Lipinski definition) is 5. The molecule has 2 aromatic rings. The fourth-order valence-electron chi connectivity index (χ4n) is 1.83. The van der Waals surface area contributed by atoms with Crippen molar-refractivity contribution >= 4 is 17.2 Å². The van der Waals surface area contributed by atoms with E-state index >= 15 is 0 Å². The van der Waals surface area contributed by atoms with Gasteiger partial charge in [-0.15, -0.1) is 0 Å². The van der Waals surface area contributed by atoms with Crippen molar-refractivity contribution in [1.29, 1.82) is 0 Å². The summed E-state index contributed by atoms with van der Waals surface area (Å²) in [6, 6.07) is 9.08. The average molecular weight is 272 g/mol. The molecule has 1 aromatic heterocycles. The van der Waals surface area contributed by atoms with E-state index < -0.39 is 4.92 Å². The molecule has 0 spiro atoms. The molecule has 6 nitrogen and oxygen atoms in total. The maximum absolute atomic E-state index is 10.8. The Balaban J connectivity index is 1.96. The van der Waals surface area contributed by atoms with E-state index in [0.717, 1.165) is 17.7 Å². The van der Waals surface area contributed by atoms with Crippen LogP contribution >= 0.6 is 0 Å². The van der Waals surface area contributed by atoms with Gasteiger partial charge >= 0.3 is 0 Å². The molecule has 0 bridgehead atoms. The predicted octanol–water partition coefficient (Wildman–Crippen LogP) is 2.54. The number of nitrogens with zero attached hydrogens (tertiary/aromatic N) is 2. The van der Waals surface area contributed by atoms with Gasteiger partial charge in [-0.1, -0.05) is 12.1 Å². The second-order valence-corrected chi connectivity index (χ2v) is 4.53. The van der Waals surface area contributed by atoms with E-state index in [0.29, 0.717) is 17.9 Å². The number of nitrogen functional groups attached to an aromatic ring is 1. The van der Waals surface area contributed by atoms with Crippen LogP contribution in [0, 0.1) is 17.0 Å². The van der Waals surface area contributed by atoms with Gasteiger partial charge in [0.15, 0.2) is 0 Å². The fourth-order valence-corrected chi connectivity index (χ4v) is 1.83. The maximum atomic E-state index is 10.8. The van der Waals surface area contributed by atoms with E-state index in [1.165, 1.54) is 12.3 Å². The number of hydrogen-bond donors (Lipinski definition) is 2. The van der Waals surface area contributed by atoms with E-state index in [1.807, 2.05) is 24.3 Å². The highest BCUT2D eigenvalue weighted by molar-refractivity contribution is 5.49. The van der Waals surface area contributed by atoms with E-state index in [1.54, 1.807) is 6.92 Å². The Hall–Kier alpha value is -2.63. The lowest BCUT2D eigenvalue weighted by molar-refractivity contribution is -0.385. The molecule has 0 aliphatic heterocycles. The number of rotatable bonds is 5. The molecule has 0 amide bonds.